The van der Waals surface area contributed by atoms with E-state index in [0.29, 0.717) is 0 Å². The van der Waals surface area contributed by atoms with Crippen LogP contribution in [0.1, 0.15) is 19.3 Å². The third kappa shape index (κ3) is 6.90. The van der Waals surface area contributed by atoms with Crippen molar-refractivity contribution in [2.45, 2.75) is 19.3 Å². The van der Waals surface area contributed by atoms with Crippen LogP contribution in [-0.4, -0.2) is 56.2 Å². The standard InChI is InChI=1S/C9H17NO6S/c1-10(6-5-9(13)16-2)17(14,15)7-3-4-8(11)12/h3-7H2,1-2H3,(H,11,12). The number of ether oxygens (including phenoxy) is 1. The van der Waals surface area contributed by atoms with Crippen LogP contribution >= 0.6 is 0 Å². The van der Waals surface area contributed by atoms with E-state index in [0.717, 1.165) is 4.31 Å². The van der Waals surface area contributed by atoms with Crippen LogP contribution in [0.3, 0.4) is 0 Å². The second-order valence-corrected chi connectivity index (χ2v) is 5.66. The van der Waals surface area contributed by atoms with Crippen LogP contribution in [0, 0.1) is 0 Å². The van der Waals surface area contributed by atoms with E-state index in [4.69, 9.17) is 5.11 Å². The van der Waals surface area contributed by atoms with Gasteiger partial charge < -0.3 is 9.84 Å². The lowest BCUT2D eigenvalue weighted by molar-refractivity contribution is -0.140. The monoisotopic (exact) mass is 267 g/mol. The molecule has 0 spiro atoms. The first-order chi connectivity index (χ1) is 7.79. The highest BCUT2D eigenvalue weighted by Gasteiger charge is 2.18. The molecule has 0 radical (unpaired) electrons. The predicted octanol–water partition coefficient (Wildman–Crippen LogP) is -0.324. The maximum atomic E-state index is 11.6. The molecule has 0 aliphatic heterocycles. The Kier molecular flexibility index (Phi) is 6.74. The minimum Gasteiger partial charge on any atom is -0.481 e. The minimum absolute atomic E-state index is 0.0227. The Balaban J connectivity index is 4.11. The molecule has 0 rings (SSSR count). The molecule has 0 heterocycles. The fraction of sp³-hybridized carbons (Fsp3) is 0.778. The molecule has 0 fully saturated rings. The third-order valence-electron chi connectivity index (χ3n) is 2.13. The lowest BCUT2D eigenvalue weighted by Gasteiger charge is -2.15. The normalized spacial score (nSPS) is 11.5. The topological polar surface area (TPSA) is 101 Å². The van der Waals surface area contributed by atoms with Crippen LogP contribution in [0.25, 0.3) is 0 Å². The number of aliphatic carboxylic acids is 1. The van der Waals surface area contributed by atoms with Crippen LogP contribution in [0.5, 0.6) is 0 Å². The number of rotatable bonds is 8. The lowest BCUT2D eigenvalue weighted by Crippen LogP contribution is -2.31. The van der Waals surface area contributed by atoms with Crippen LogP contribution in [0.15, 0.2) is 0 Å². The summed E-state index contributed by atoms with van der Waals surface area (Å²) in [7, 11) is -0.925. The quantitative estimate of drug-likeness (QED) is 0.605. The molecule has 0 saturated heterocycles. The molecule has 0 aromatic heterocycles. The van der Waals surface area contributed by atoms with Crippen molar-refractivity contribution in [2.24, 2.45) is 0 Å². The van der Waals surface area contributed by atoms with E-state index < -0.39 is 22.0 Å². The Morgan fingerprint density at radius 2 is 1.88 bits per heavy atom. The number of carboxylic acids is 1. The molecule has 0 amide bonds. The molecular formula is C9H17NO6S. The van der Waals surface area contributed by atoms with Crippen molar-refractivity contribution < 1.29 is 27.9 Å². The van der Waals surface area contributed by atoms with E-state index in [1.807, 2.05) is 0 Å². The number of methoxy groups -OCH3 is 1. The maximum Gasteiger partial charge on any atom is 0.306 e. The highest BCUT2D eigenvalue weighted by molar-refractivity contribution is 7.89. The van der Waals surface area contributed by atoms with E-state index in [1.54, 1.807) is 0 Å². The van der Waals surface area contributed by atoms with Gasteiger partial charge in [-0.15, -0.1) is 0 Å². The molecule has 0 aliphatic rings. The summed E-state index contributed by atoms with van der Waals surface area (Å²) in [5.41, 5.74) is 0. The molecule has 7 nitrogen and oxygen atoms in total. The number of sulfonamides is 1. The fourth-order valence-electron chi connectivity index (χ4n) is 1.05. The molecule has 0 aromatic rings. The van der Waals surface area contributed by atoms with Crippen molar-refractivity contribution in [1.29, 1.82) is 0 Å². The highest BCUT2D eigenvalue weighted by Crippen LogP contribution is 2.04. The molecular weight excluding hydrogens is 250 g/mol. The summed E-state index contributed by atoms with van der Waals surface area (Å²) in [4.78, 5) is 21.1. The van der Waals surface area contributed by atoms with Crippen molar-refractivity contribution in [3.63, 3.8) is 0 Å². The molecule has 0 unspecified atom stereocenters. The number of carbonyl (C=O) groups is 2. The van der Waals surface area contributed by atoms with Gasteiger partial charge in [0.2, 0.25) is 10.0 Å². The van der Waals surface area contributed by atoms with Gasteiger partial charge in [0.15, 0.2) is 0 Å². The van der Waals surface area contributed by atoms with Crippen molar-refractivity contribution >= 4 is 22.0 Å². The summed E-state index contributed by atoms with van der Waals surface area (Å²) >= 11 is 0. The zero-order chi connectivity index (χ0) is 13.5. The van der Waals surface area contributed by atoms with Gasteiger partial charge in [0.1, 0.15) is 0 Å². The maximum absolute atomic E-state index is 11.6. The van der Waals surface area contributed by atoms with E-state index in [2.05, 4.69) is 4.74 Å². The summed E-state index contributed by atoms with van der Waals surface area (Å²) in [6.45, 7) is 0.0298. The van der Waals surface area contributed by atoms with E-state index in [1.165, 1.54) is 14.2 Å². The molecule has 0 aromatic carbocycles. The van der Waals surface area contributed by atoms with E-state index in [9.17, 15) is 18.0 Å². The smallest absolute Gasteiger partial charge is 0.306 e. The Morgan fingerprint density at radius 1 is 1.29 bits per heavy atom. The number of carboxylic acid groups (broad SMARTS) is 1. The van der Waals surface area contributed by atoms with E-state index >= 15 is 0 Å². The molecule has 17 heavy (non-hydrogen) atoms. The van der Waals surface area contributed by atoms with Gasteiger partial charge in [0.05, 0.1) is 19.3 Å². The minimum atomic E-state index is -3.50. The SMILES string of the molecule is COC(=O)CCN(C)S(=O)(=O)CCCC(=O)O. The predicted molar refractivity (Wildman–Crippen MR) is 59.9 cm³/mol. The number of nitrogens with zero attached hydrogens (tertiary/aromatic N) is 1. The zero-order valence-corrected chi connectivity index (χ0v) is 10.7. The van der Waals surface area contributed by atoms with Crippen LogP contribution < -0.4 is 0 Å². The Labute approximate surface area is 100 Å². The van der Waals surface area contributed by atoms with Gasteiger partial charge in [-0.2, -0.15) is 0 Å². The number of carbonyl (C=O) groups excluding carboxylic acids is 1. The summed E-state index contributed by atoms with van der Waals surface area (Å²) < 4.78 is 28.6. The molecule has 0 atom stereocenters. The van der Waals surface area contributed by atoms with Crippen molar-refractivity contribution in [3.8, 4) is 0 Å². The first-order valence-electron chi connectivity index (χ1n) is 5.02. The number of hydrogen-bond donors (Lipinski definition) is 1. The van der Waals surface area contributed by atoms with Crippen LogP contribution in [-0.2, 0) is 24.3 Å². The second kappa shape index (κ2) is 7.23. The molecule has 0 saturated carbocycles. The van der Waals surface area contributed by atoms with Gasteiger partial charge in [-0.05, 0) is 6.42 Å². The Morgan fingerprint density at radius 3 is 2.35 bits per heavy atom. The highest BCUT2D eigenvalue weighted by atomic mass is 32.2. The van der Waals surface area contributed by atoms with Gasteiger partial charge in [0, 0.05) is 20.0 Å². The zero-order valence-electron chi connectivity index (χ0n) is 9.88. The van der Waals surface area contributed by atoms with E-state index in [-0.39, 0.29) is 31.6 Å². The van der Waals surface area contributed by atoms with Crippen molar-refractivity contribution in [3.05, 3.63) is 0 Å². The van der Waals surface area contributed by atoms with Gasteiger partial charge in [-0.1, -0.05) is 0 Å². The number of hydrogen-bond acceptors (Lipinski definition) is 5. The summed E-state index contributed by atoms with van der Waals surface area (Å²) in [5, 5.41) is 8.39. The van der Waals surface area contributed by atoms with Crippen LogP contribution in [0.2, 0.25) is 0 Å². The summed E-state index contributed by atoms with van der Waals surface area (Å²) in [5.74, 6) is -1.76. The average molecular weight is 267 g/mol. The number of esters is 1. The van der Waals surface area contributed by atoms with Crippen molar-refractivity contribution in [1.82, 2.24) is 4.31 Å². The summed E-state index contributed by atoms with van der Waals surface area (Å²) in [6.07, 6.45) is -0.157. The molecule has 1 N–H and O–H groups in total. The lowest BCUT2D eigenvalue weighted by atomic mass is 10.3. The van der Waals surface area contributed by atoms with Gasteiger partial charge in [-0.25, -0.2) is 12.7 Å². The van der Waals surface area contributed by atoms with Gasteiger partial charge >= 0.3 is 11.9 Å². The molecule has 0 aliphatic carbocycles. The Bertz CT molecular complexity index is 364. The first kappa shape index (κ1) is 15.9. The van der Waals surface area contributed by atoms with Crippen molar-refractivity contribution in [2.75, 3.05) is 26.5 Å². The first-order valence-corrected chi connectivity index (χ1v) is 6.63. The second-order valence-electron chi connectivity index (χ2n) is 3.46. The average Bonchev–Trinajstić information content (AvgIpc) is 2.24. The summed E-state index contributed by atoms with van der Waals surface area (Å²) in [6, 6.07) is 0. The van der Waals surface area contributed by atoms with Crippen LogP contribution in [0.4, 0.5) is 0 Å². The molecule has 100 valence electrons. The van der Waals surface area contributed by atoms with Gasteiger partial charge in [-0.3, -0.25) is 9.59 Å². The Hall–Kier alpha value is -1.15. The van der Waals surface area contributed by atoms with Gasteiger partial charge in [0.25, 0.3) is 0 Å². The fourth-order valence-corrected chi connectivity index (χ4v) is 2.24. The molecule has 8 heteroatoms. The largest absolute Gasteiger partial charge is 0.481 e. The third-order valence-corrected chi connectivity index (χ3v) is 4.06. The molecule has 0 bridgehead atoms.